The van der Waals surface area contributed by atoms with E-state index in [1.54, 1.807) is 6.08 Å². The van der Waals surface area contributed by atoms with Crippen LogP contribution in [0.25, 0.3) is 0 Å². The summed E-state index contributed by atoms with van der Waals surface area (Å²) < 4.78 is 6.09. The van der Waals surface area contributed by atoms with Gasteiger partial charge in [0, 0.05) is 11.3 Å². The first kappa shape index (κ1) is 18.0. The maximum absolute atomic E-state index is 12.4. The van der Waals surface area contributed by atoms with Crippen molar-refractivity contribution in [3.63, 3.8) is 0 Å². The van der Waals surface area contributed by atoms with Crippen molar-refractivity contribution in [2.45, 2.75) is 63.9 Å². The van der Waals surface area contributed by atoms with Crippen LogP contribution in [-0.2, 0) is 14.3 Å². The molecule has 3 saturated carbocycles. The Kier molecular flexibility index (Phi) is 3.81. The molecule has 0 radical (unpaired) electrons. The monoisotopic (exact) mass is 376 g/mol. The Morgan fingerprint density at radius 2 is 2.04 bits per heavy atom. The van der Waals surface area contributed by atoms with Gasteiger partial charge in [0.15, 0.2) is 17.9 Å². The molecule has 6 nitrogen and oxygen atoms in total. The number of ketones is 2. The van der Waals surface area contributed by atoms with Crippen molar-refractivity contribution in [3.8, 4) is 0 Å². The molecule has 4 fully saturated rings. The summed E-state index contributed by atoms with van der Waals surface area (Å²) in [4.78, 5) is 24.5. The van der Waals surface area contributed by atoms with Crippen molar-refractivity contribution in [2.75, 3.05) is 6.61 Å². The molecule has 0 amide bonds. The number of Topliss-reactive ketones (excluding diaryl/α,β-unsaturated/α-hetero) is 1. The summed E-state index contributed by atoms with van der Waals surface area (Å²) in [5.74, 6) is -0.0893. The van der Waals surface area contributed by atoms with E-state index in [1.807, 2.05) is 0 Å². The van der Waals surface area contributed by atoms with Gasteiger partial charge in [-0.05, 0) is 67.8 Å². The van der Waals surface area contributed by atoms with Gasteiger partial charge >= 0.3 is 0 Å². The average Bonchev–Trinajstić information content (AvgIpc) is 3.15. The van der Waals surface area contributed by atoms with Gasteiger partial charge < -0.3 is 20.1 Å². The molecule has 1 unspecified atom stereocenters. The fraction of sp³-hybridized carbons (Fsp3) is 0.810. The number of aliphatic hydroxyl groups is 3. The zero-order valence-corrected chi connectivity index (χ0v) is 15.6. The zero-order chi connectivity index (χ0) is 19.1. The van der Waals surface area contributed by atoms with E-state index in [4.69, 9.17) is 4.74 Å². The molecule has 3 N–H and O–H groups in total. The van der Waals surface area contributed by atoms with E-state index >= 15 is 0 Å². The van der Waals surface area contributed by atoms with Crippen molar-refractivity contribution >= 4 is 11.6 Å². The predicted molar refractivity (Wildman–Crippen MR) is 94.3 cm³/mol. The molecule has 0 aromatic heterocycles. The Morgan fingerprint density at radius 3 is 2.78 bits per heavy atom. The lowest BCUT2D eigenvalue weighted by molar-refractivity contribution is -0.160. The molecule has 148 valence electrons. The number of carbonyl (C=O) groups is 2. The van der Waals surface area contributed by atoms with Gasteiger partial charge in [-0.1, -0.05) is 12.5 Å². The van der Waals surface area contributed by atoms with E-state index in [9.17, 15) is 24.9 Å². The Labute approximate surface area is 158 Å². The van der Waals surface area contributed by atoms with Crippen LogP contribution < -0.4 is 0 Å². The molecule has 1 aliphatic heterocycles. The number of aliphatic hydroxyl groups excluding tert-OH is 3. The Hall–Kier alpha value is -1.08. The predicted octanol–water partition coefficient (Wildman–Crippen LogP) is 0.974. The minimum absolute atomic E-state index is 0.138. The van der Waals surface area contributed by atoms with Crippen LogP contribution >= 0.6 is 0 Å². The second-order valence-electron chi connectivity index (χ2n) is 9.64. The molecule has 4 aliphatic carbocycles. The first-order valence-electron chi connectivity index (χ1n) is 10.2. The first-order valence-corrected chi connectivity index (χ1v) is 10.2. The average molecular weight is 376 g/mol. The number of carbonyl (C=O) groups excluding carboxylic acids is 2. The lowest BCUT2D eigenvalue weighted by atomic mass is 9.46. The van der Waals surface area contributed by atoms with E-state index < -0.39 is 24.4 Å². The van der Waals surface area contributed by atoms with Crippen molar-refractivity contribution < 1.29 is 29.6 Å². The molecule has 5 aliphatic rings. The highest BCUT2D eigenvalue weighted by molar-refractivity contribution is 5.95. The van der Waals surface area contributed by atoms with E-state index in [0.29, 0.717) is 25.2 Å². The van der Waals surface area contributed by atoms with Crippen LogP contribution in [0.4, 0.5) is 0 Å². The number of allylic oxidation sites excluding steroid dienone is 1. The first-order chi connectivity index (χ1) is 12.8. The smallest absolute Gasteiger partial charge is 0.184 e. The number of hydrogen-bond donors (Lipinski definition) is 3. The van der Waals surface area contributed by atoms with Crippen LogP contribution in [0, 0.1) is 34.5 Å². The second-order valence-corrected chi connectivity index (χ2v) is 9.64. The van der Waals surface area contributed by atoms with Crippen molar-refractivity contribution in [1.82, 2.24) is 0 Å². The summed E-state index contributed by atoms with van der Waals surface area (Å²) in [6.45, 7) is 1.65. The number of rotatable bonds is 2. The zero-order valence-electron chi connectivity index (χ0n) is 15.6. The molecule has 2 bridgehead atoms. The molecule has 0 aromatic rings. The maximum Gasteiger partial charge on any atom is 0.184 e. The summed E-state index contributed by atoms with van der Waals surface area (Å²) in [5, 5.41) is 30.6. The highest BCUT2D eigenvalue weighted by atomic mass is 16.6. The highest BCUT2D eigenvalue weighted by Gasteiger charge is 2.71. The molecule has 0 aromatic carbocycles. The summed E-state index contributed by atoms with van der Waals surface area (Å²) >= 11 is 0. The summed E-state index contributed by atoms with van der Waals surface area (Å²) in [7, 11) is 0. The number of ether oxygens (including phenoxy) is 1. The van der Waals surface area contributed by atoms with Crippen molar-refractivity contribution in [1.29, 1.82) is 0 Å². The molecule has 27 heavy (non-hydrogen) atoms. The Bertz CT molecular complexity index is 730. The van der Waals surface area contributed by atoms with Gasteiger partial charge in [-0.3, -0.25) is 9.59 Å². The lowest BCUT2D eigenvalue weighted by Gasteiger charge is -2.57. The molecular formula is C21H28O6. The Balaban J connectivity index is 1.57. The van der Waals surface area contributed by atoms with Crippen molar-refractivity contribution in [2.24, 2.45) is 34.5 Å². The van der Waals surface area contributed by atoms with Gasteiger partial charge in [0.1, 0.15) is 12.7 Å². The SMILES string of the molecule is C[C@]12C[C@@H](O)C(=O)C=C1CC[C@@H]1[C@@H]2[C@H]2C[C@@]3(C(O)O2)[C@@H](C(=O)CO)CC[C@@H]13. The lowest BCUT2D eigenvalue weighted by Crippen LogP contribution is -2.56. The summed E-state index contributed by atoms with van der Waals surface area (Å²) in [6, 6.07) is 0. The van der Waals surface area contributed by atoms with Gasteiger partial charge in [0.2, 0.25) is 0 Å². The van der Waals surface area contributed by atoms with E-state index in [2.05, 4.69) is 6.92 Å². The third-order valence-electron chi connectivity index (χ3n) is 8.83. The molecule has 6 heteroatoms. The largest absolute Gasteiger partial charge is 0.389 e. The van der Waals surface area contributed by atoms with Crippen LogP contribution in [0.2, 0.25) is 0 Å². The molecule has 1 saturated heterocycles. The molecule has 9 atom stereocenters. The van der Waals surface area contributed by atoms with Gasteiger partial charge in [-0.25, -0.2) is 0 Å². The molecule has 1 heterocycles. The highest BCUT2D eigenvalue weighted by Crippen LogP contribution is 2.71. The van der Waals surface area contributed by atoms with Crippen LogP contribution in [0.3, 0.4) is 0 Å². The van der Waals surface area contributed by atoms with Gasteiger partial charge in [-0.2, -0.15) is 0 Å². The summed E-state index contributed by atoms with van der Waals surface area (Å²) in [5.41, 5.74) is 0.222. The number of hydrogen-bond acceptors (Lipinski definition) is 6. The molecular weight excluding hydrogens is 348 g/mol. The molecule has 5 rings (SSSR count). The van der Waals surface area contributed by atoms with Crippen LogP contribution in [0.15, 0.2) is 11.6 Å². The third kappa shape index (κ3) is 2.10. The minimum atomic E-state index is -0.979. The summed E-state index contributed by atoms with van der Waals surface area (Å²) in [6.07, 6.45) is 3.86. The van der Waals surface area contributed by atoms with Crippen molar-refractivity contribution in [3.05, 3.63) is 11.6 Å². The fourth-order valence-corrected chi connectivity index (χ4v) is 7.86. The maximum atomic E-state index is 12.4. The molecule has 1 spiro atoms. The quantitative estimate of drug-likeness (QED) is 0.664. The van der Waals surface area contributed by atoms with Gasteiger partial charge in [0.05, 0.1) is 6.10 Å². The van der Waals surface area contributed by atoms with Gasteiger partial charge in [-0.15, -0.1) is 0 Å². The third-order valence-corrected chi connectivity index (χ3v) is 8.83. The minimum Gasteiger partial charge on any atom is -0.389 e. The van der Waals surface area contributed by atoms with E-state index in [-0.39, 0.29) is 40.8 Å². The van der Waals surface area contributed by atoms with Crippen LogP contribution in [0.1, 0.15) is 45.4 Å². The van der Waals surface area contributed by atoms with E-state index in [0.717, 1.165) is 24.8 Å². The standard InChI is InChI=1S/C21H28O6/c1-20-7-15(24)14(23)6-10(20)2-3-11-12-4-5-13(16(25)9-22)21(12)8-17(18(11)20)27-19(21)26/h6,11-13,15,17-19,22,24,26H,2-5,7-9H2,1H3/t11-,12-,13+,15+,17+,18+,19?,20-,21-/m0/s1. The normalized spacial score (nSPS) is 53.4. The fourth-order valence-electron chi connectivity index (χ4n) is 7.86. The number of fused-ring (bicyclic) bond motifs is 6. The van der Waals surface area contributed by atoms with E-state index in [1.165, 1.54) is 0 Å². The second kappa shape index (κ2) is 5.72. The van der Waals surface area contributed by atoms with Crippen LogP contribution in [-0.4, -0.2) is 52.0 Å². The Morgan fingerprint density at radius 1 is 1.26 bits per heavy atom. The topological polar surface area (TPSA) is 104 Å². The van der Waals surface area contributed by atoms with Gasteiger partial charge in [0.25, 0.3) is 0 Å². The van der Waals surface area contributed by atoms with Crippen LogP contribution in [0.5, 0.6) is 0 Å².